The number of aromatic nitrogens is 2. The second-order valence-electron chi connectivity index (χ2n) is 5.71. The van der Waals surface area contributed by atoms with Gasteiger partial charge in [-0.3, -0.25) is 14.8 Å². The number of carbonyl (C=O) groups is 1. The average Bonchev–Trinajstić information content (AvgIpc) is 2.79. The summed E-state index contributed by atoms with van der Waals surface area (Å²) in [6, 6.07) is 14.0. The highest BCUT2D eigenvalue weighted by Gasteiger charge is 2.06. The summed E-state index contributed by atoms with van der Waals surface area (Å²) in [5.41, 5.74) is 3.77. The van der Waals surface area contributed by atoms with Crippen molar-refractivity contribution in [3.63, 3.8) is 0 Å². The molecule has 1 N–H and O–H groups in total. The van der Waals surface area contributed by atoms with Gasteiger partial charge in [0.25, 0.3) is 5.91 Å². The van der Waals surface area contributed by atoms with Crippen molar-refractivity contribution >= 4 is 18.0 Å². The topological polar surface area (TPSA) is 98.1 Å². The van der Waals surface area contributed by atoms with Crippen LogP contribution in [0.3, 0.4) is 0 Å². The van der Waals surface area contributed by atoms with Crippen molar-refractivity contribution in [2.45, 2.75) is 0 Å². The van der Waals surface area contributed by atoms with Gasteiger partial charge < -0.3 is 9.47 Å². The zero-order valence-electron chi connectivity index (χ0n) is 15.7. The summed E-state index contributed by atoms with van der Waals surface area (Å²) in [5.74, 6) is 1.18. The smallest absolute Gasteiger partial charge is 0.271 e. The van der Waals surface area contributed by atoms with Crippen LogP contribution >= 0.6 is 0 Å². The summed E-state index contributed by atoms with van der Waals surface area (Å²) in [7, 11) is 1.58. The predicted molar refractivity (Wildman–Crippen MR) is 109 cm³/mol. The summed E-state index contributed by atoms with van der Waals surface area (Å²) >= 11 is 0. The first-order valence-corrected chi connectivity index (χ1v) is 8.72. The van der Waals surface area contributed by atoms with E-state index in [4.69, 9.17) is 9.47 Å². The third-order valence-electron chi connectivity index (χ3n) is 3.71. The number of amidine groups is 1. The van der Waals surface area contributed by atoms with Crippen molar-refractivity contribution in [1.82, 2.24) is 15.4 Å². The first kappa shape index (κ1) is 19.7. The molecule has 0 aliphatic heterocycles. The van der Waals surface area contributed by atoms with Crippen molar-refractivity contribution in [3.05, 3.63) is 84.4 Å². The fourth-order valence-electron chi connectivity index (χ4n) is 2.22. The van der Waals surface area contributed by atoms with Gasteiger partial charge in [-0.15, -0.1) is 0 Å². The van der Waals surface area contributed by atoms with E-state index in [1.807, 2.05) is 12.1 Å². The molecule has 0 bridgehead atoms. The molecule has 146 valence electrons. The van der Waals surface area contributed by atoms with Gasteiger partial charge in [-0.1, -0.05) is 6.07 Å². The first-order valence-electron chi connectivity index (χ1n) is 8.72. The van der Waals surface area contributed by atoms with E-state index in [0.29, 0.717) is 17.1 Å². The second kappa shape index (κ2) is 10.3. The van der Waals surface area contributed by atoms with E-state index in [9.17, 15) is 4.79 Å². The molecule has 0 radical (unpaired) electrons. The number of nitrogens with zero attached hydrogens (tertiary/aromatic N) is 4. The van der Waals surface area contributed by atoms with Crippen LogP contribution in [-0.2, 0) is 0 Å². The molecule has 0 saturated carbocycles. The van der Waals surface area contributed by atoms with Gasteiger partial charge in [0, 0.05) is 42.6 Å². The SMILES string of the molecule is COc1cccc(OC/C(N=Cc2ccncc2)=N\NC(=O)c2ccncc2)c1. The Morgan fingerprint density at radius 2 is 1.72 bits per heavy atom. The molecule has 0 fully saturated rings. The Morgan fingerprint density at radius 1 is 1.03 bits per heavy atom. The van der Waals surface area contributed by atoms with Crippen LogP contribution in [0.2, 0.25) is 0 Å². The first-order chi connectivity index (χ1) is 14.2. The maximum absolute atomic E-state index is 12.2. The number of hydrogen-bond donors (Lipinski definition) is 1. The van der Waals surface area contributed by atoms with E-state index < -0.39 is 0 Å². The molecule has 0 aliphatic carbocycles. The van der Waals surface area contributed by atoms with Crippen molar-refractivity contribution in [3.8, 4) is 11.5 Å². The Labute approximate surface area is 168 Å². The van der Waals surface area contributed by atoms with Crippen LogP contribution in [0.5, 0.6) is 11.5 Å². The lowest BCUT2D eigenvalue weighted by Gasteiger charge is -2.08. The molecule has 2 aromatic heterocycles. The minimum atomic E-state index is -0.370. The lowest BCUT2D eigenvalue weighted by molar-refractivity contribution is 0.0954. The maximum Gasteiger partial charge on any atom is 0.271 e. The number of pyridine rings is 2. The van der Waals surface area contributed by atoms with Crippen molar-refractivity contribution in [2.24, 2.45) is 10.1 Å². The van der Waals surface area contributed by atoms with Gasteiger partial charge in [-0.25, -0.2) is 10.4 Å². The van der Waals surface area contributed by atoms with Crippen molar-refractivity contribution < 1.29 is 14.3 Å². The molecule has 0 atom stereocenters. The largest absolute Gasteiger partial charge is 0.497 e. The zero-order chi connectivity index (χ0) is 20.3. The van der Waals surface area contributed by atoms with Crippen molar-refractivity contribution in [1.29, 1.82) is 0 Å². The molecule has 8 heteroatoms. The van der Waals surface area contributed by atoms with Gasteiger partial charge in [0.1, 0.15) is 18.1 Å². The number of rotatable bonds is 7. The van der Waals surface area contributed by atoms with Crippen LogP contribution in [0, 0.1) is 0 Å². The van der Waals surface area contributed by atoms with Crippen LogP contribution in [0.15, 0.2) is 83.4 Å². The normalized spacial score (nSPS) is 11.3. The molecule has 3 aromatic rings. The second-order valence-corrected chi connectivity index (χ2v) is 5.71. The third kappa shape index (κ3) is 6.24. The van der Waals surface area contributed by atoms with Crippen molar-refractivity contribution in [2.75, 3.05) is 13.7 Å². The summed E-state index contributed by atoms with van der Waals surface area (Å²) in [4.78, 5) is 24.4. The van der Waals surface area contributed by atoms with Gasteiger partial charge in [0.2, 0.25) is 0 Å². The number of hydrazone groups is 1. The summed E-state index contributed by atoms with van der Waals surface area (Å²) in [6.45, 7) is 0.0470. The Morgan fingerprint density at radius 3 is 2.45 bits per heavy atom. The van der Waals surface area contributed by atoms with Gasteiger partial charge >= 0.3 is 0 Å². The summed E-state index contributed by atoms with van der Waals surface area (Å²) < 4.78 is 10.9. The molecular formula is C21H19N5O3. The number of benzene rings is 1. The molecule has 29 heavy (non-hydrogen) atoms. The Bertz CT molecular complexity index is 991. The van der Waals surface area contributed by atoms with Crippen LogP contribution < -0.4 is 14.9 Å². The standard InChI is InChI=1S/C21H19N5O3/c1-28-18-3-2-4-19(13-18)29-15-20(24-14-16-5-9-22-10-6-16)25-26-21(27)17-7-11-23-12-8-17/h2-14H,15H2,1H3,(H,26,27)/b24-14?,25-20+. The lowest BCUT2D eigenvalue weighted by atomic mass is 10.3. The van der Waals surface area contributed by atoms with Crippen LogP contribution in [0.25, 0.3) is 0 Å². The van der Waals surface area contributed by atoms with E-state index in [-0.39, 0.29) is 18.3 Å². The van der Waals surface area contributed by atoms with E-state index in [1.165, 1.54) is 12.4 Å². The van der Waals surface area contributed by atoms with E-state index in [2.05, 4.69) is 25.5 Å². The molecule has 2 heterocycles. The maximum atomic E-state index is 12.2. The fourth-order valence-corrected chi connectivity index (χ4v) is 2.22. The minimum absolute atomic E-state index is 0.0470. The number of ether oxygens (including phenoxy) is 2. The van der Waals surface area contributed by atoms with Gasteiger partial charge in [-0.05, 0) is 42.0 Å². The Hall–Kier alpha value is -4.07. The monoisotopic (exact) mass is 389 g/mol. The number of aliphatic imine (C=N–C) groups is 1. The number of hydrogen-bond acceptors (Lipinski definition) is 6. The number of nitrogens with one attached hydrogen (secondary N) is 1. The van der Waals surface area contributed by atoms with E-state index >= 15 is 0 Å². The highest BCUT2D eigenvalue weighted by molar-refractivity contribution is 5.98. The summed E-state index contributed by atoms with van der Waals surface area (Å²) in [5, 5.41) is 4.10. The Balaban J connectivity index is 1.73. The summed E-state index contributed by atoms with van der Waals surface area (Å²) in [6.07, 6.45) is 8.01. The van der Waals surface area contributed by atoms with E-state index in [0.717, 1.165) is 5.56 Å². The van der Waals surface area contributed by atoms with Gasteiger partial charge in [0.05, 0.1) is 7.11 Å². The molecule has 1 aromatic carbocycles. The van der Waals surface area contributed by atoms with E-state index in [1.54, 1.807) is 62.1 Å². The zero-order valence-corrected chi connectivity index (χ0v) is 15.7. The number of carbonyl (C=O) groups excluding carboxylic acids is 1. The third-order valence-corrected chi connectivity index (χ3v) is 3.71. The van der Waals surface area contributed by atoms with Gasteiger partial charge in [0.15, 0.2) is 5.84 Å². The molecule has 0 unspecified atom stereocenters. The van der Waals surface area contributed by atoms with Crippen LogP contribution in [-0.4, -0.2) is 41.6 Å². The Kier molecular flexibility index (Phi) is 7.00. The molecule has 0 spiro atoms. The predicted octanol–water partition coefficient (Wildman–Crippen LogP) is 2.73. The lowest BCUT2D eigenvalue weighted by Crippen LogP contribution is -2.21. The van der Waals surface area contributed by atoms with Gasteiger partial charge in [-0.2, -0.15) is 5.10 Å². The highest BCUT2D eigenvalue weighted by Crippen LogP contribution is 2.18. The molecular weight excluding hydrogens is 370 g/mol. The fraction of sp³-hybridized carbons (Fsp3) is 0.0952. The minimum Gasteiger partial charge on any atom is -0.497 e. The molecule has 0 saturated heterocycles. The van der Waals surface area contributed by atoms with Crippen LogP contribution in [0.1, 0.15) is 15.9 Å². The average molecular weight is 389 g/mol. The highest BCUT2D eigenvalue weighted by atomic mass is 16.5. The quantitative estimate of drug-likeness (QED) is 0.381. The molecule has 3 rings (SSSR count). The molecule has 0 aliphatic rings. The van der Waals surface area contributed by atoms with Crippen LogP contribution in [0.4, 0.5) is 0 Å². The number of methoxy groups -OCH3 is 1. The molecule has 8 nitrogen and oxygen atoms in total. The molecule has 1 amide bonds. The number of amides is 1.